The number of likely N-dealkylation sites (tertiary alicyclic amines) is 1. The summed E-state index contributed by atoms with van der Waals surface area (Å²) in [4.78, 5) is 19.9. The Hall–Kier alpha value is -2.70. The van der Waals surface area contributed by atoms with Crippen molar-refractivity contribution >= 4 is 16.9 Å². The Labute approximate surface area is 201 Å². The Morgan fingerprint density at radius 3 is 2.88 bits per heavy atom. The molecule has 6 rings (SSSR count). The Kier molecular flexibility index (Phi) is 5.46. The van der Waals surface area contributed by atoms with E-state index in [1.165, 1.54) is 35.3 Å². The molecule has 2 unspecified atom stereocenters. The van der Waals surface area contributed by atoms with Gasteiger partial charge in [-0.05, 0) is 73.4 Å². The first-order valence-electron chi connectivity index (χ1n) is 12.5. The summed E-state index contributed by atoms with van der Waals surface area (Å²) in [5.41, 5.74) is 11.7. The van der Waals surface area contributed by atoms with Gasteiger partial charge in [-0.15, -0.1) is 0 Å². The molecule has 3 aromatic rings. The monoisotopic (exact) mass is 457 g/mol. The number of ether oxygens (including phenoxy) is 1. The summed E-state index contributed by atoms with van der Waals surface area (Å²) in [6.45, 7) is 4.81. The molecule has 1 radical (unpaired) electrons. The molecular weight excluding hydrogens is 424 g/mol. The second-order valence-corrected chi connectivity index (χ2v) is 10.5. The zero-order valence-electron chi connectivity index (χ0n) is 20.0. The van der Waals surface area contributed by atoms with E-state index in [1.807, 2.05) is 25.3 Å². The third kappa shape index (κ3) is 3.73. The van der Waals surface area contributed by atoms with Crippen LogP contribution in [0, 0.1) is 18.9 Å². The summed E-state index contributed by atoms with van der Waals surface area (Å²) < 4.78 is 8.59. The van der Waals surface area contributed by atoms with Crippen LogP contribution in [0.4, 0.5) is 0 Å². The van der Waals surface area contributed by atoms with Crippen LogP contribution in [0.3, 0.4) is 0 Å². The number of methoxy groups -OCH3 is 1. The van der Waals surface area contributed by atoms with E-state index in [4.69, 9.17) is 15.5 Å². The van der Waals surface area contributed by atoms with Crippen LogP contribution in [0.2, 0.25) is 0 Å². The van der Waals surface area contributed by atoms with E-state index in [1.54, 1.807) is 0 Å². The Morgan fingerprint density at radius 2 is 2.12 bits per heavy atom. The average molecular weight is 458 g/mol. The number of benzene rings is 2. The predicted molar refractivity (Wildman–Crippen MR) is 132 cm³/mol. The minimum atomic E-state index is -0.220. The van der Waals surface area contributed by atoms with Crippen LogP contribution in [-0.2, 0) is 16.0 Å². The van der Waals surface area contributed by atoms with Crippen LogP contribution in [0.1, 0.15) is 59.7 Å². The van der Waals surface area contributed by atoms with Crippen LogP contribution < -0.4 is 5.73 Å². The number of hydrogen-bond acceptors (Lipinski definition) is 4. The van der Waals surface area contributed by atoms with Crippen LogP contribution >= 0.6 is 0 Å². The highest BCUT2D eigenvalue weighted by Gasteiger charge is 2.40. The third-order valence-electron chi connectivity index (χ3n) is 8.13. The number of fused-ring (bicyclic) bond motifs is 2. The van der Waals surface area contributed by atoms with E-state index < -0.39 is 0 Å². The molecule has 6 heteroatoms. The van der Waals surface area contributed by atoms with E-state index in [0.717, 1.165) is 43.6 Å². The van der Waals surface area contributed by atoms with E-state index in [-0.39, 0.29) is 29.9 Å². The molecular formula is C28H33N4O2. The molecule has 2 heterocycles. The molecule has 4 atom stereocenters. The van der Waals surface area contributed by atoms with Crippen molar-refractivity contribution in [1.29, 1.82) is 0 Å². The summed E-state index contributed by atoms with van der Waals surface area (Å²) in [5.74, 6) is 1.58. The minimum absolute atomic E-state index is 0.0779. The van der Waals surface area contributed by atoms with E-state index >= 15 is 0 Å². The number of hydrogen-bond donors (Lipinski definition) is 1. The molecule has 6 nitrogen and oxygen atoms in total. The predicted octanol–water partition coefficient (Wildman–Crippen LogP) is 3.73. The molecule has 0 bridgehead atoms. The standard InChI is InChI=1S/C28H33N4O2/c1-17-7-10-23-22(13-17)30-28(18-8-9-18)32(23)24-11-12-31(16-25(24)34-2)15-20-14-19-5-3-4-6-21(19)26(20)27(29)33/h4-7,10,13,18,20,24-26H,8-9,11-12,14-16H2,1-2H3,(H2,29,33)/t20?,24-,25-,26?/m1/s1. The molecule has 1 amide bonds. The van der Waals surface area contributed by atoms with Crippen LogP contribution in [0.5, 0.6) is 0 Å². The van der Waals surface area contributed by atoms with Crippen molar-refractivity contribution < 1.29 is 9.53 Å². The van der Waals surface area contributed by atoms with Crippen molar-refractivity contribution in [1.82, 2.24) is 14.5 Å². The second-order valence-electron chi connectivity index (χ2n) is 10.5. The summed E-state index contributed by atoms with van der Waals surface area (Å²) in [7, 11) is 1.83. The SMILES string of the molecule is CO[C@@H]1CN(CC2Cc3c[c]ccc3C2C(N)=O)CC[C@H]1n1c(C2CC2)nc2cc(C)ccc21. The summed E-state index contributed by atoms with van der Waals surface area (Å²) in [5, 5.41) is 0. The quantitative estimate of drug-likeness (QED) is 0.612. The first kappa shape index (κ1) is 21.8. The number of imidazole rings is 1. The molecule has 2 fully saturated rings. The number of rotatable bonds is 6. The molecule has 2 aromatic carbocycles. The topological polar surface area (TPSA) is 73.4 Å². The fourth-order valence-electron chi connectivity index (χ4n) is 6.37. The smallest absolute Gasteiger partial charge is 0.225 e. The number of primary amides is 1. The lowest BCUT2D eigenvalue weighted by Gasteiger charge is -2.40. The van der Waals surface area contributed by atoms with Crippen molar-refractivity contribution in [3.63, 3.8) is 0 Å². The van der Waals surface area contributed by atoms with Crippen molar-refractivity contribution in [3.8, 4) is 0 Å². The zero-order valence-corrected chi connectivity index (χ0v) is 20.0. The van der Waals surface area contributed by atoms with Crippen molar-refractivity contribution in [2.45, 2.75) is 56.6 Å². The zero-order chi connectivity index (χ0) is 23.4. The molecule has 34 heavy (non-hydrogen) atoms. The van der Waals surface area contributed by atoms with Gasteiger partial charge in [-0.2, -0.15) is 0 Å². The molecule has 177 valence electrons. The molecule has 1 aromatic heterocycles. The number of aryl methyl sites for hydroxylation is 1. The highest BCUT2D eigenvalue weighted by Crippen LogP contribution is 2.44. The van der Waals surface area contributed by atoms with Gasteiger partial charge < -0.3 is 19.9 Å². The lowest BCUT2D eigenvalue weighted by Crippen LogP contribution is -2.48. The Morgan fingerprint density at radius 1 is 1.26 bits per heavy atom. The van der Waals surface area contributed by atoms with Gasteiger partial charge >= 0.3 is 0 Å². The first-order chi connectivity index (χ1) is 16.5. The normalized spacial score (nSPS) is 27.2. The number of nitrogens with two attached hydrogens (primary N) is 1. The van der Waals surface area contributed by atoms with Crippen LogP contribution in [-0.4, -0.2) is 53.2 Å². The third-order valence-corrected chi connectivity index (χ3v) is 8.13. The first-order valence-corrected chi connectivity index (χ1v) is 12.5. The maximum Gasteiger partial charge on any atom is 0.225 e. The molecule has 2 N–H and O–H groups in total. The fourth-order valence-corrected chi connectivity index (χ4v) is 6.37. The van der Waals surface area contributed by atoms with Gasteiger partial charge in [0.1, 0.15) is 5.82 Å². The van der Waals surface area contributed by atoms with Gasteiger partial charge in [0.2, 0.25) is 5.91 Å². The van der Waals surface area contributed by atoms with E-state index in [9.17, 15) is 4.79 Å². The van der Waals surface area contributed by atoms with Gasteiger partial charge in [0.05, 0.1) is 29.1 Å². The maximum absolute atomic E-state index is 12.4. The van der Waals surface area contributed by atoms with Crippen molar-refractivity contribution in [2.75, 3.05) is 26.7 Å². The number of piperidine rings is 1. The maximum atomic E-state index is 12.4. The number of carbonyl (C=O) groups excluding carboxylic acids is 1. The van der Waals surface area contributed by atoms with E-state index in [2.05, 4.69) is 40.7 Å². The molecule has 0 spiro atoms. The second kappa shape index (κ2) is 8.51. The fraction of sp³-hybridized carbons (Fsp3) is 0.500. The molecule has 2 aliphatic carbocycles. The van der Waals surface area contributed by atoms with Gasteiger partial charge in [0, 0.05) is 32.7 Å². The average Bonchev–Trinajstić information content (AvgIpc) is 3.51. The van der Waals surface area contributed by atoms with Crippen molar-refractivity contribution in [3.05, 3.63) is 65.0 Å². The van der Waals surface area contributed by atoms with Crippen molar-refractivity contribution in [2.24, 2.45) is 11.7 Å². The summed E-state index contributed by atoms with van der Waals surface area (Å²) in [6.07, 6.45) is 4.43. The molecule has 1 saturated carbocycles. The van der Waals surface area contributed by atoms with Gasteiger partial charge in [-0.1, -0.05) is 24.3 Å². The number of nitrogens with zero attached hydrogens (tertiary/aromatic N) is 3. The highest BCUT2D eigenvalue weighted by atomic mass is 16.5. The number of aromatic nitrogens is 2. The van der Waals surface area contributed by atoms with Gasteiger partial charge in [0.15, 0.2) is 0 Å². The largest absolute Gasteiger partial charge is 0.378 e. The van der Waals surface area contributed by atoms with Gasteiger partial charge in [0.25, 0.3) is 0 Å². The van der Waals surface area contributed by atoms with Gasteiger partial charge in [-0.25, -0.2) is 4.98 Å². The number of carbonyl (C=O) groups is 1. The summed E-state index contributed by atoms with van der Waals surface area (Å²) in [6, 6.07) is 16.0. The highest BCUT2D eigenvalue weighted by molar-refractivity contribution is 5.84. The van der Waals surface area contributed by atoms with E-state index in [0.29, 0.717) is 5.92 Å². The van der Waals surface area contributed by atoms with Crippen LogP contribution in [0.25, 0.3) is 11.0 Å². The Bertz CT molecular complexity index is 1230. The lowest BCUT2D eigenvalue weighted by molar-refractivity contribution is -0.120. The molecule has 1 aliphatic heterocycles. The summed E-state index contributed by atoms with van der Waals surface area (Å²) >= 11 is 0. The van der Waals surface area contributed by atoms with Crippen LogP contribution in [0.15, 0.2) is 36.4 Å². The lowest BCUT2D eigenvalue weighted by atomic mass is 9.90. The number of amides is 1. The Balaban J connectivity index is 1.24. The van der Waals surface area contributed by atoms with Gasteiger partial charge in [-0.3, -0.25) is 4.79 Å². The molecule has 1 saturated heterocycles. The minimum Gasteiger partial charge on any atom is -0.378 e. The molecule has 3 aliphatic rings.